The van der Waals surface area contributed by atoms with Gasteiger partial charge in [0.25, 0.3) is 0 Å². The molecule has 0 atom stereocenters. The van der Waals surface area contributed by atoms with E-state index >= 15 is 0 Å². The standard InChI is InChI=1S/C70H67BN2OS/c1-10-11-20-43-27-32-57(50(37-43)45-23-16-13-17-24-45)72-59-41-51-48-25-18-19-26-60(48)74-65(51)62-49-30-28-46(44-21-14-12-15-22-44)38-58(49)73(47-29-31-53-54(39-47)68(4,5)34-33-67(53,2)3)71(64(59)62)63-52-40-55-56(42-61(52)75-66(63)72)70(8,9)36-35-69(55,6)7/h12-19,21-32,37-42H,10-11,20,33-36H2,1-9H3. The van der Waals surface area contributed by atoms with Crippen molar-refractivity contribution in [3.05, 3.63) is 186 Å². The molecule has 8 aromatic carbocycles. The Labute approximate surface area is 448 Å². The average molecular weight is 995 g/mol. The number of aryl methyl sites for hydroxylation is 1. The highest BCUT2D eigenvalue weighted by atomic mass is 32.1. The number of para-hydroxylation sites is 1. The van der Waals surface area contributed by atoms with Gasteiger partial charge in [0, 0.05) is 49.2 Å². The lowest BCUT2D eigenvalue weighted by Crippen LogP contribution is -2.61. The second kappa shape index (κ2) is 16.6. The molecule has 0 bridgehead atoms. The maximum Gasteiger partial charge on any atom is 0.334 e. The van der Waals surface area contributed by atoms with Crippen molar-refractivity contribution in [2.24, 2.45) is 0 Å². The van der Waals surface area contributed by atoms with E-state index < -0.39 is 0 Å². The first-order valence-corrected chi connectivity index (χ1v) is 28.7. The number of fused-ring (bicyclic) bond motifs is 12. The number of rotatable bonds is 7. The van der Waals surface area contributed by atoms with Crippen molar-refractivity contribution in [2.75, 3.05) is 9.71 Å². The van der Waals surface area contributed by atoms with Crippen LogP contribution in [0.1, 0.15) is 129 Å². The molecule has 0 spiro atoms. The zero-order valence-corrected chi connectivity index (χ0v) is 46.1. The second-order valence-corrected chi connectivity index (χ2v) is 26.2. The highest BCUT2D eigenvalue weighted by molar-refractivity contribution is 7.26. The summed E-state index contributed by atoms with van der Waals surface area (Å²) in [6.07, 6.45) is 8.03. The van der Waals surface area contributed by atoms with Gasteiger partial charge in [-0.05, 0) is 176 Å². The van der Waals surface area contributed by atoms with Gasteiger partial charge in [-0.25, -0.2) is 0 Å². The van der Waals surface area contributed by atoms with E-state index in [9.17, 15) is 0 Å². The first-order valence-electron chi connectivity index (χ1n) is 27.8. The summed E-state index contributed by atoms with van der Waals surface area (Å²) in [6.45, 7) is 21.9. The van der Waals surface area contributed by atoms with Crippen LogP contribution in [0.2, 0.25) is 0 Å². The highest BCUT2D eigenvalue weighted by Gasteiger charge is 2.50. The fourth-order valence-electron chi connectivity index (χ4n) is 14.0. The molecule has 0 N–H and O–H groups in total. The summed E-state index contributed by atoms with van der Waals surface area (Å²) in [5.41, 5.74) is 24.3. The van der Waals surface area contributed by atoms with E-state index in [0.29, 0.717) is 0 Å². The maximum absolute atomic E-state index is 7.29. The maximum atomic E-state index is 7.29. The Hall–Kier alpha value is -6.82. The average Bonchev–Trinajstić information content (AvgIpc) is 4.21. The highest BCUT2D eigenvalue weighted by Crippen LogP contribution is 2.57. The summed E-state index contributed by atoms with van der Waals surface area (Å²) < 4.78 is 8.65. The number of unbranched alkanes of at least 4 members (excludes halogenated alkanes) is 1. The number of nitrogens with zero attached hydrogens (tertiary/aromatic N) is 2. The van der Waals surface area contributed by atoms with Gasteiger partial charge in [0.2, 0.25) is 0 Å². The summed E-state index contributed by atoms with van der Waals surface area (Å²) in [5, 5.41) is 4.95. The Bertz CT molecular complexity index is 3970. The van der Waals surface area contributed by atoms with Crippen molar-refractivity contribution in [2.45, 2.75) is 129 Å². The molecule has 3 nitrogen and oxygen atoms in total. The van der Waals surface area contributed by atoms with E-state index in [1.807, 2.05) is 11.3 Å². The summed E-state index contributed by atoms with van der Waals surface area (Å²) in [6, 6.07) is 60.9. The summed E-state index contributed by atoms with van der Waals surface area (Å²) in [5.74, 6) is 0. The summed E-state index contributed by atoms with van der Waals surface area (Å²) in [4.78, 5) is 5.49. The van der Waals surface area contributed by atoms with E-state index in [2.05, 4.69) is 230 Å². The first-order chi connectivity index (χ1) is 36.1. The molecule has 0 radical (unpaired) electrons. The van der Waals surface area contributed by atoms with E-state index in [4.69, 9.17) is 4.42 Å². The van der Waals surface area contributed by atoms with Crippen molar-refractivity contribution >= 4 is 88.9 Å². The molecule has 372 valence electrons. The minimum atomic E-state index is -0.189. The minimum absolute atomic E-state index is 0.0209. The van der Waals surface area contributed by atoms with Crippen molar-refractivity contribution < 1.29 is 4.42 Å². The molecular weight excluding hydrogens is 928 g/mol. The second-order valence-electron chi connectivity index (χ2n) is 25.2. The smallest absolute Gasteiger partial charge is 0.334 e. The predicted molar refractivity (Wildman–Crippen MR) is 323 cm³/mol. The Morgan fingerprint density at radius 3 is 1.88 bits per heavy atom. The zero-order valence-electron chi connectivity index (χ0n) is 45.2. The molecule has 75 heavy (non-hydrogen) atoms. The first kappa shape index (κ1) is 46.7. The Balaban J connectivity index is 1.17. The Morgan fingerprint density at radius 1 is 0.507 bits per heavy atom. The van der Waals surface area contributed by atoms with Crippen LogP contribution in [0.15, 0.2) is 162 Å². The van der Waals surface area contributed by atoms with Gasteiger partial charge in [0.05, 0.1) is 10.7 Å². The van der Waals surface area contributed by atoms with Gasteiger partial charge in [0.1, 0.15) is 11.2 Å². The molecule has 4 aliphatic rings. The number of furan rings is 1. The van der Waals surface area contributed by atoms with Crippen LogP contribution in [0.5, 0.6) is 0 Å². The SMILES string of the molecule is CCCCc1ccc(N2c3cc4c(oc5ccccc54)c4c3B(c3c2sc2cc5c(cc32)C(C)(C)CCC5(C)C)N(c2ccc3c(c2)C(C)(C)CCC3(C)C)c2cc(-c3ccccc3)ccc2-4)c(-c2ccccc2)c1. The molecule has 0 saturated heterocycles. The largest absolute Gasteiger partial charge is 0.455 e. The van der Waals surface area contributed by atoms with Crippen molar-refractivity contribution in [3.63, 3.8) is 0 Å². The molecule has 14 rings (SSSR count). The number of thiophene rings is 1. The van der Waals surface area contributed by atoms with E-state index in [1.165, 1.54) is 123 Å². The van der Waals surface area contributed by atoms with Crippen LogP contribution in [-0.4, -0.2) is 6.85 Å². The predicted octanol–water partition coefficient (Wildman–Crippen LogP) is 18.9. The van der Waals surface area contributed by atoms with Gasteiger partial charge >= 0.3 is 6.85 Å². The van der Waals surface area contributed by atoms with Crippen molar-refractivity contribution in [3.8, 4) is 33.4 Å². The quantitative estimate of drug-likeness (QED) is 0.148. The topological polar surface area (TPSA) is 19.6 Å². The van der Waals surface area contributed by atoms with Crippen LogP contribution in [0.3, 0.4) is 0 Å². The van der Waals surface area contributed by atoms with Crippen molar-refractivity contribution in [1.29, 1.82) is 0 Å². The number of benzene rings is 8. The number of anilines is 5. The summed E-state index contributed by atoms with van der Waals surface area (Å²) >= 11 is 2.00. The van der Waals surface area contributed by atoms with Gasteiger partial charge in [0.15, 0.2) is 0 Å². The number of hydrogen-bond donors (Lipinski definition) is 0. The molecule has 0 saturated carbocycles. The lowest BCUT2D eigenvalue weighted by Gasteiger charge is -2.46. The lowest BCUT2D eigenvalue weighted by molar-refractivity contribution is 0.332. The van der Waals surface area contributed by atoms with Crippen LogP contribution in [0.4, 0.5) is 27.8 Å². The van der Waals surface area contributed by atoms with E-state index in [0.717, 1.165) is 54.0 Å². The normalized spacial score (nSPS) is 17.4. The third-order valence-electron chi connectivity index (χ3n) is 18.6. The van der Waals surface area contributed by atoms with Crippen LogP contribution in [-0.2, 0) is 28.1 Å². The van der Waals surface area contributed by atoms with Crippen LogP contribution < -0.4 is 20.6 Å². The zero-order chi connectivity index (χ0) is 51.3. The van der Waals surface area contributed by atoms with Gasteiger partial charge in [-0.15, -0.1) is 11.3 Å². The molecule has 10 aromatic rings. The molecule has 2 aliphatic carbocycles. The van der Waals surface area contributed by atoms with Crippen LogP contribution >= 0.6 is 11.3 Å². The minimum Gasteiger partial charge on any atom is -0.455 e. The third-order valence-corrected chi connectivity index (χ3v) is 19.7. The molecule has 0 amide bonds. The fraction of sp³-hybridized carbons (Fsp3) is 0.286. The summed E-state index contributed by atoms with van der Waals surface area (Å²) in [7, 11) is 0. The van der Waals surface area contributed by atoms with Crippen LogP contribution in [0.25, 0.3) is 65.4 Å². The molecule has 2 aliphatic heterocycles. The van der Waals surface area contributed by atoms with Crippen molar-refractivity contribution in [1.82, 2.24) is 0 Å². The molecular formula is C70H67BN2OS. The van der Waals surface area contributed by atoms with Crippen LogP contribution in [0, 0.1) is 0 Å². The van der Waals surface area contributed by atoms with E-state index in [-0.39, 0.29) is 28.5 Å². The third kappa shape index (κ3) is 7.05. The van der Waals surface area contributed by atoms with Gasteiger partial charge in [-0.2, -0.15) is 0 Å². The number of hydrogen-bond acceptors (Lipinski definition) is 4. The Kier molecular flexibility index (Phi) is 10.3. The van der Waals surface area contributed by atoms with Gasteiger partial charge in [-0.1, -0.05) is 172 Å². The van der Waals surface area contributed by atoms with Gasteiger partial charge in [-0.3, -0.25) is 0 Å². The van der Waals surface area contributed by atoms with E-state index in [1.54, 1.807) is 0 Å². The molecule has 0 fully saturated rings. The molecule has 2 aromatic heterocycles. The van der Waals surface area contributed by atoms with Gasteiger partial charge < -0.3 is 14.1 Å². The molecule has 0 unspecified atom stereocenters. The fourth-order valence-corrected chi connectivity index (χ4v) is 15.3. The lowest BCUT2D eigenvalue weighted by atomic mass is 9.43. The molecule has 4 heterocycles. The molecule has 5 heteroatoms. The Morgan fingerprint density at radius 2 is 1.16 bits per heavy atom. The monoisotopic (exact) mass is 995 g/mol.